The maximum absolute atomic E-state index is 12.2. The molecular formula is C14H19BrN2O3. The van der Waals surface area contributed by atoms with Gasteiger partial charge in [0.15, 0.2) is 0 Å². The van der Waals surface area contributed by atoms with Gasteiger partial charge in [0, 0.05) is 15.7 Å². The number of carbonyl (C=O) groups excluding carboxylic acids is 1. The van der Waals surface area contributed by atoms with Gasteiger partial charge in [0.2, 0.25) is 0 Å². The summed E-state index contributed by atoms with van der Waals surface area (Å²) < 4.78 is 0.953. The van der Waals surface area contributed by atoms with Crippen LogP contribution in [0.25, 0.3) is 0 Å². The Hall–Kier alpha value is -1.56. The van der Waals surface area contributed by atoms with Gasteiger partial charge in [-0.3, -0.25) is 4.79 Å². The van der Waals surface area contributed by atoms with E-state index in [9.17, 15) is 9.59 Å². The van der Waals surface area contributed by atoms with Crippen LogP contribution in [0, 0.1) is 6.92 Å². The number of carboxylic acid groups (broad SMARTS) is 1. The number of hydrogen-bond acceptors (Lipinski definition) is 2. The molecule has 0 saturated carbocycles. The van der Waals surface area contributed by atoms with Crippen LogP contribution >= 0.6 is 15.9 Å². The summed E-state index contributed by atoms with van der Waals surface area (Å²) in [6.07, 6.45) is 0. The first-order valence-electron chi connectivity index (χ1n) is 6.18. The molecule has 0 aliphatic carbocycles. The van der Waals surface area contributed by atoms with Crippen molar-refractivity contribution in [2.24, 2.45) is 0 Å². The lowest BCUT2D eigenvalue weighted by Crippen LogP contribution is -2.50. The highest BCUT2D eigenvalue weighted by atomic mass is 79.9. The molecule has 110 valence electrons. The number of rotatable bonds is 3. The van der Waals surface area contributed by atoms with Crippen molar-refractivity contribution in [3.63, 3.8) is 0 Å². The monoisotopic (exact) mass is 342 g/mol. The van der Waals surface area contributed by atoms with Crippen molar-refractivity contribution in [2.45, 2.75) is 33.2 Å². The summed E-state index contributed by atoms with van der Waals surface area (Å²) >= 11 is 3.39. The van der Waals surface area contributed by atoms with Crippen LogP contribution in [0.5, 0.6) is 0 Å². The lowest BCUT2D eigenvalue weighted by Gasteiger charge is -2.34. The van der Waals surface area contributed by atoms with Crippen LogP contribution in [0.2, 0.25) is 0 Å². The molecule has 0 heterocycles. The Kier molecular flexibility index (Phi) is 5.16. The van der Waals surface area contributed by atoms with Crippen molar-refractivity contribution in [2.75, 3.05) is 11.9 Å². The topological polar surface area (TPSA) is 69.6 Å². The minimum atomic E-state index is -1.04. The van der Waals surface area contributed by atoms with Crippen LogP contribution in [-0.4, -0.2) is 34.1 Å². The molecule has 5 nitrogen and oxygen atoms in total. The average Bonchev–Trinajstić information content (AvgIpc) is 2.29. The van der Waals surface area contributed by atoms with Gasteiger partial charge in [-0.15, -0.1) is 0 Å². The first-order chi connectivity index (χ1) is 9.11. The summed E-state index contributed by atoms with van der Waals surface area (Å²) in [4.78, 5) is 24.4. The van der Waals surface area contributed by atoms with E-state index in [0.29, 0.717) is 5.69 Å². The van der Waals surface area contributed by atoms with Crippen LogP contribution < -0.4 is 5.32 Å². The van der Waals surface area contributed by atoms with Gasteiger partial charge >= 0.3 is 12.0 Å². The third-order valence-electron chi connectivity index (χ3n) is 2.76. The summed E-state index contributed by atoms with van der Waals surface area (Å²) in [6, 6.07) is 4.99. The van der Waals surface area contributed by atoms with Crippen LogP contribution in [-0.2, 0) is 4.79 Å². The highest BCUT2D eigenvalue weighted by Gasteiger charge is 2.28. The molecule has 0 atom stereocenters. The van der Waals surface area contributed by atoms with E-state index >= 15 is 0 Å². The SMILES string of the molecule is Cc1cc(NC(=O)N(CC(=O)O)C(C)(C)C)ccc1Br. The second-order valence-corrected chi connectivity index (χ2v) is 6.40. The van der Waals surface area contributed by atoms with E-state index in [1.165, 1.54) is 4.90 Å². The van der Waals surface area contributed by atoms with Gasteiger partial charge in [0.05, 0.1) is 0 Å². The molecular weight excluding hydrogens is 324 g/mol. The Bertz CT molecular complexity index is 524. The standard InChI is InChI=1S/C14H19BrN2O3/c1-9-7-10(5-6-11(9)15)16-13(20)17(8-12(18)19)14(2,3)4/h5-7H,8H2,1-4H3,(H,16,20)(H,18,19). The van der Waals surface area contributed by atoms with Crippen LogP contribution in [0.1, 0.15) is 26.3 Å². The lowest BCUT2D eigenvalue weighted by molar-refractivity contribution is -0.138. The molecule has 0 fully saturated rings. The number of aliphatic carboxylic acids is 1. The van der Waals surface area contributed by atoms with E-state index in [0.717, 1.165) is 10.0 Å². The molecule has 6 heteroatoms. The fourth-order valence-corrected chi connectivity index (χ4v) is 1.91. The minimum Gasteiger partial charge on any atom is -0.480 e. The molecule has 1 rings (SSSR count). The number of aryl methyl sites for hydroxylation is 1. The fraction of sp³-hybridized carbons (Fsp3) is 0.429. The molecule has 0 aromatic heterocycles. The van der Waals surface area contributed by atoms with E-state index in [1.54, 1.807) is 26.8 Å². The van der Waals surface area contributed by atoms with Crippen molar-refractivity contribution in [1.82, 2.24) is 4.90 Å². The van der Waals surface area contributed by atoms with Gasteiger partial charge in [0.25, 0.3) is 0 Å². The Morgan fingerprint density at radius 3 is 2.40 bits per heavy atom. The van der Waals surface area contributed by atoms with Gasteiger partial charge in [-0.1, -0.05) is 15.9 Å². The maximum atomic E-state index is 12.2. The number of carboxylic acids is 1. The summed E-state index contributed by atoms with van der Waals surface area (Å²) in [6.45, 7) is 6.95. The summed E-state index contributed by atoms with van der Waals surface area (Å²) in [7, 11) is 0. The first kappa shape index (κ1) is 16.5. The van der Waals surface area contributed by atoms with Gasteiger partial charge < -0.3 is 15.3 Å². The van der Waals surface area contributed by atoms with E-state index in [2.05, 4.69) is 21.2 Å². The lowest BCUT2D eigenvalue weighted by atomic mass is 10.1. The number of halogens is 1. The van der Waals surface area contributed by atoms with Gasteiger partial charge in [-0.2, -0.15) is 0 Å². The molecule has 2 N–H and O–H groups in total. The maximum Gasteiger partial charge on any atom is 0.323 e. The van der Waals surface area contributed by atoms with Crippen molar-refractivity contribution >= 4 is 33.6 Å². The Morgan fingerprint density at radius 2 is 1.95 bits per heavy atom. The molecule has 0 radical (unpaired) electrons. The molecule has 1 aromatic rings. The zero-order valence-electron chi connectivity index (χ0n) is 12.0. The highest BCUT2D eigenvalue weighted by molar-refractivity contribution is 9.10. The number of nitrogens with zero attached hydrogens (tertiary/aromatic N) is 1. The number of amides is 2. The fourth-order valence-electron chi connectivity index (χ4n) is 1.66. The molecule has 0 bridgehead atoms. The first-order valence-corrected chi connectivity index (χ1v) is 6.97. The van der Waals surface area contributed by atoms with Crippen molar-refractivity contribution in [3.8, 4) is 0 Å². The summed E-state index contributed by atoms with van der Waals surface area (Å²) in [5, 5.41) is 11.6. The third kappa shape index (κ3) is 4.52. The predicted octanol–water partition coefficient (Wildman–Crippen LogP) is 3.47. The molecule has 0 unspecified atom stereocenters. The normalized spacial score (nSPS) is 11.1. The molecule has 2 amide bonds. The van der Waals surface area contributed by atoms with Crippen LogP contribution in [0.4, 0.5) is 10.5 Å². The second-order valence-electron chi connectivity index (χ2n) is 5.54. The summed E-state index contributed by atoms with van der Waals surface area (Å²) in [5.41, 5.74) is 1.05. The Morgan fingerprint density at radius 1 is 1.35 bits per heavy atom. The van der Waals surface area contributed by atoms with E-state index in [1.807, 2.05) is 19.1 Å². The number of hydrogen-bond donors (Lipinski definition) is 2. The van der Waals surface area contributed by atoms with E-state index in [4.69, 9.17) is 5.11 Å². The van der Waals surface area contributed by atoms with Gasteiger partial charge in [0.1, 0.15) is 6.54 Å². The molecule has 0 saturated heterocycles. The quantitative estimate of drug-likeness (QED) is 0.883. The molecule has 0 spiro atoms. The predicted molar refractivity (Wildman–Crippen MR) is 82.0 cm³/mol. The van der Waals surface area contributed by atoms with Crippen molar-refractivity contribution < 1.29 is 14.7 Å². The van der Waals surface area contributed by atoms with Crippen LogP contribution in [0.15, 0.2) is 22.7 Å². The molecule has 0 aliphatic heterocycles. The zero-order valence-corrected chi connectivity index (χ0v) is 13.6. The van der Waals surface area contributed by atoms with Crippen molar-refractivity contribution in [1.29, 1.82) is 0 Å². The number of urea groups is 1. The zero-order chi connectivity index (χ0) is 15.5. The molecule has 1 aromatic carbocycles. The number of carbonyl (C=O) groups is 2. The smallest absolute Gasteiger partial charge is 0.323 e. The number of nitrogens with one attached hydrogen (secondary N) is 1. The number of anilines is 1. The average molecular weight is 343 g/mol. The Labute approximate surface area is 127 Å². The molecule has 0 aliphatic rings. The number of benzene rings is 1. The van der Waals surface area contributed by atoms with Crippen molar-refractivity contribution in [3.05, 3.63) is 28.2 Å². The van der Waals surface area contributed by atoms with Crippen LogP contribution in [0.3, 0.4) is 0 Å². The summed E-state index contributed by atoms with van der Waals surface area (Å²) in [5.74, 6) is -1.04. The third-order valence-corrected chi connectivity index (χ3v) is 3.65. The van der Waals surface area contributed by atoms with Gasteiger partial charge in [-0.25, -0.2) is 4.79 Å². The van der Waals surface area contributed by atoms with Gasteiger partial charge in [-0.05, 0) is 51.5 Å². The molecule has 20 heavy (non-hydrogen) atoms. The highest BCUT2D eigenvalue weighted by Crippen LogP contribution is 2.21. The largest absolute Gasteiger partial charge is 0.480 e. The second kappa shape index (κ2) is 6.26. The van der Waals surface area contributed by atoms with E-state index in [-0.39, 0.29) is 6.54 Å². The van der Waals surface area contributed by atoms with E-state index < -0.39 is 17.5 Å². The minimum absolute atomic E-state index is 0.342. The Balaban J connectivity index is 2.90.